The predicted molar refractivity (Wildman–Crippen MR) is 126 cm³/mol. The minimum absolute atomic E-state index is 0.116. The molecule has 0 saturated carbocycles. The van der Waals surface area contributed by atoms with Crippen molar-refractivity contribution in [1.82, 2.24) is 0 Å². The highest BCUT2D eigenvalue weighted by Crippen LogP contribution is 2.32. The molecule has 33 heavy (non-hydrogen) atoms. The van der Waals surface area contributed by atoms with Gasteiger partial charge in [-0.15, -0.1) is 0 Å². The van der Waals surface area contributed by atoms with Crippen LogP contribution in [0.5, 0.6) is 0 Å². The van der Waals surface area contributed by atoms with Crippen LogP contribution in [0, 0.1) is 20.8 Å². The lowest BCUT2D eigenvalue weighted by atomic mass is 9.98. The molecule has 0 aliphatic rings. The van der Waals surface area contributed by atoms with Crippen LogP contribution in [0.3, 0.4) is 0 Å². The molecule has 2 aromatic carbocycles. The lowest BCUT2D eigenvalue weighted by Gasteiger charge is -2.10. The van der Waals surface area contributed by atoms with Crippen molar-refractivity contribution >= 4 is 44.5 Å². The Morgan fingerprint density at radius 1 is 0.909 bits per heavy atom. The van der Waals surface area contributed by atoms with E-state index < -0.39 is 11.3 Å². The second-order valence-electron chi connectivity index (χ2n) is 8.22. The zero-order chi connectivity index (χ0) is 23.3. The quantitative estimate of drug-likeness (QED) is 0.386. The van der Waals surface area contributed by atoms with Crippen molar-refractivity contribution in [3.8, 4) is 0 Å². The average Bonchev–Trinajstić information content (AvgIpc) is 3.15. The molecule has 0 spiro atoms. The Labute approximate surface area is 187 Å². The third-order valence-corrected chi connectivity index (χ3v) is 6.04. The zero-order valence-electron chi connectivity index (χ0n) is 18.4. The number of benzene rings is 2. The molecule has 5 aromatic rings. The van der Waals surface area contributed by atoms with E-state index in [1.54, 1.807) is 30.5 Å². The largest absolute Gasteiger partial charge is 0.464 e. The highest BCUT2D eigenvalue weighted by molar-refractivity contribution is 6.00. The van der Waals surface area contributed by atoms with E-state index in [1.807, 2.05) is 26.8 Å². The van der Waals surface area contributed by atoms with Gasteiger partial charge in [-0.1, -0.05) is 0 Å². The number of nitrogens with one attached hydrogen (secondary N) is 1. The van der Waals surface area contributed by atoms with Gasteiger partial charge in [-0.25, -0.2) is 9.59 Å². The molecule has 166 valence electrons. The summed E-state index contributed by atoms with van der Waals surface area (Å²) in [4.78, 5) is 36.6. The van der Waals surface area contributed by atoms with Crippen LogP contribution in [0.4, 0.5) is 5.69 Å². The molecule has 0 aliphatic carbocycles. The summed E-state index contributed by atoms with van der Waals surface area (Å²) in [6, 6.07) is 9.98. The van der Waals surface area contributed by atoms with Crippen LogP contribution in [0.2, 0.25) is 0 Å². The first-order chi connectivity index (χ1) is 15.8. The Bertz CT molecular complexity index is 1690. The smallest absolute Gasteiger partial charge is 0.339 e. The first-order valence-corrected chi connectivity index (χ1v) is 10.6. The molecule has 0 atom stereocenters. The van der Waals surface area contributed by atoms with Gasteiger partial charge in [0.25, 0.3) is 0 Å². The summed E-state index contributed by atoms with van der Waals surface area (Å²) in [5.74, 6) is -0.233. The van der Waals surface area contributed by atoms with E-state index in [2.05, 4.69) is 5.32 Å². The standard InChI is InChI=1S/C26H21NO6/c1-13-12-31-24-15(3)25-20(11-19(13)24)14(2)18(26(30)33-25)6-8-22(28)27-17-5-7-21-16(10-17)4-9-23(29)32-21/h4-5,7,9-12H,6,8H2,1-3H3,(H,27,28). The Morgan fingerprint density at radius 2 is 1.73 bits per heavy atom. The van der Waals surface area contributed by atoms with Gasteiger partial charge in [0.1, 0.15) is 16.7 Å². The summed E-state index contributed by atoms with van der Waals surface area (Å²) in [5.41, 5.74) is 4.46. The third kappa shape index (κ3) is 3.61. The highest BCUT2D eigenvalue weighted by atomic mass is 16.4. The number of aryl methyl sites for hydroxylation is 3. The number of carbonyl (C=O) groups excluding carboxylic acids is 1. The van der Waals surface area contributed by atoms with Crippen LogP contribution >= 0.6 is 0 Å². The van der Waals surface area contributed by atoms with Gasteiger partial charge < -0.3 is 18.6 Å². The Balaban J connectivity index is 1.41. The third-order valence-electron chi connectivity index (χ3n) is 6.04. The molecule has 7 nitrogen and oxygen atoms in total. The van der Waals surface area contributed by atoms with Crippen molar-refractivity contribution in [2.24, 2.45) is 0 Å². The lowest BCUT2D eigenvalue weighted by Crippen LogP contribution is -2.16. The van der Waals surface area contributed by atoms with Crippen molar-refractivity contribution in [3.63, 3.8) is 0 Å². The average molecular weight is 443 g/mol. The molecular formula is C26H21NO6. The van der Waals surface area contributed by atoms with Gasteiger partial charge >= 0.3 is 11.3 Å². The molecule has 1 N–H and O–H groups in total. The number of amides is 1. The van der Waals surface area contributed by atoms with Crippen molar-refractivity contribution in [3.05, 3.63) is 85.8 Å². The summed E-state index contributed by atoms with van der Waals surface area (Å²) < 4.78 is 16.4. The zero-order valence-corrected chi connectivity index (χ0v) is 18.4. The first kappa shape index (κ1) is 20.8. The molecule has 3 heterocycles. The number of rotatable bonds is 4. The SMILES string of the molecule is Cc1coc2c(C)c3oc(=O)c(CCC(=O)Nc4ccc5oc(=O)ccc5c4)c(C)c3cc12. The van der Waals surface area contributed by atoms with Gasteiger partial charge in [0.15, 0.2) is 0 Å². The van der Waals surface area contributed by atoms with E-state index in [0.29, 0.717) is 33.4 Å². The molecule has 0 fully saturated rings. The number of anilines is 1. The van der Waals surface area contributed by atoms with Gasteiger partial charge in [-0.05, 0) is 68.7 Å². The molecule has 0 aliphatic heterocycles. The van der Waals surface area contributed by atoms with E-state index in [-0.39, 0.29) is 18.7 Å². The maximum absolute atomic E-state index is 12.7. The number of hydrogen-bond acceptors (Lipinski definition) is 6. The molecule has 0 bridgehead atoms. The topological polar surface area (TPSA) is 103 Å². The Hall–Kier alpha value is -4.13. The molecule has 5 rings (SSSR count). The number of carbonyl (C=O) groups is 1. The van der Waals surface area contributed by atoms with Gasteiger partial charge in [0.05, 0.1) is 6.26 Å². The normalized spacial score (nSPS) is 11.5. The number of hydrogen-bond donors (Lipinski definition) is 1. The summed E-state index contributed by atoms with van der Waals surface area (Å²) >= 11 is 0. The van der Waals surface area contributed by atoms with Crippen molar-refractivity contribution < 1.29 is 18.0 Å². The van der Waals surface area contributed by atoms with Crippen molar-refractivity contribution in [2.45, 2.75) is 33.6 Å². The molecule has 1 amide bonds. The molecule has 3 aromatic heterocycles. The van der Waals surface area contributed by atoms with Crippen LogP contribution in [0.25, 0.3) is 32.9 Å². The Kier molecular flexibility index (Phi) is 4.89. The second kappa shape index (κ2) is 7.78. The molecule has 7 heteroatoms. The maximum atomic E-state index is 12.7. The second-order valence-corrected chi connectivity index (χ2v) is 8.22. The van der Waals surface area contributed by atoms with Crippen LogP contribution in [0.15, 0.2) is 65.5 Å². The number of furan rings is 1. The van der Waals surface area contributed by atoms with E-state index in [1.165, 1.54) is 6.07 Å². The van der Waals surface area contributed by atoms with E-state index in [4.69, 9.17) is 13.3 Å². The molecule has 0 unspecified atom stereocenters. The van der Waals surface area contributed by atoms with Gasteiger partial charge in [-0.3, -0.25) is 4.79 Å². The van der Waals surface area contributed by atoms with Gasteiger partial charge in [0.2, 0.25) is 5.91 Å². The van der Waals surface area contributed by atoms with Crippen molar-refractivity contribution in [2.75, 3.05) is 5.32 Å². The molecule has 0 radical (unpaired) electrons. The van der Waals surface area contributed by atoms with Gasteiger partial charge in [0, 0.05) is 45.5 Å². The predicted octanol–water partition coefficient (Wildman–Crippen LogP) is 5.14. The monoisotopic (exact) mass is 443 g/mol. The van der Waals surface area contributed by atoms with E-state index in [9.17, 15) is 14.4 Å². The first-order valence-electron chi connectivity index (χ1n) is 10.6. The maximum Gasteiger partial charge on any atom is 0.339 e. The number of fused-ring (bicyclic) bond motifs is 3. The lowest BCUT2D eigenvalue weighted by molar-refractivity contribution is -0.116. The fraction of sp³-hybridized carbons (Fsp3) is 0.192. The fourth-order valence-electron chi connectivity index (χ4n) is 4.22. The summed E-state index contributed by atoms with van der Waals surface area (Å²) in [5, 5.41) is 5.35. The van der Waals surface area contributed by atoms with Crippen LogP contribution in [-0.2, 0) is 11.2 Å². The Morgan fingerprint density at radius 3 is 2.55 bits per heavy atom. The van der Waals surface area contributed by atoms with Crippen LogP contribution < -0.4 is 16.6 Å². The van der Waals surface area contributed by atoms with E-state index >= 15 is 0 Å². The molecular weight excluding hydrogens is 422 g/mol. The van der Waals surface area contributed by atoms with E-state index in [0.717, 1.165) is 27.5 Å². The van der Waals surface area contributed by atoms with Gasteiger partial charge in [-0.2, -0.15) is 0 Å². The van der Waals surface area contributed by atoms with Crippen LogP contribution in [-0.4, -0.2) is 5.91 Å². The van der Waals surface area contributed by atoms with Crippen LogP contribution in [0.1, 0.15) is 28.7 Å². The summed E-state index contributed by atoms with van der Waals surface area (Å²) in [6.45, 7) is 5.72. The summed E-state index contributed by atoms with van der Waals surface area (Å²) in [6.07, 6.45) is 2.06. The van der Waals surface area contributed by atoms with Crippen molar-refractivity contribution in [1.29, 1.82) is 0 Å². The summed E-state index contributed by atoms with van der Waals surface area (Å²) in [7, 11) is 0. The highest BCUT2D eigenvalue weighted by Gasteiger charge is 2.18. The fourth-order valence-corrected chi connectivity index (χ4v) is 4.22. The minimum Gasteiger partial charge on any atom is -0.464 e. The molecule has 0 saturated heterocycles. The minimum atomic E-state index is -0.445.